The number of hydrogen-bond donors (Lipinski definition) is 1. The van der Waals surface area contributed by atoms with Crippen LogP contribution in [0.1, 0.15) is 0 Å². The molecule has 0 saturated heterocycles. The summed E-state index contributed by atoms with van der Waals surface area (Å²) >= 11 is 7.32. The summed E-state index contributed by atoms with van der Waals surface area (Å²) in [4.78, 5) is 15.1. The lowest BCUT2D eigenvalue weighted by atomic mass is 10.2. The summed E-state index contributed by atoms with van der Waals surface area (Å²) in [6.45, 7) is 0. The van der Waals surface area contributed by atoms with Crippen LogP contribution in [0.3, 0.4) is 0 Å². The first kappa shape index (κ1) is 15.5. The summed E-state index contributed by atoms with van der Waals surface area (Å²) in [5.74, 6) is 0.345. The highest BCUT2D eigenvalue weighted by atomic mass is 35.5. The van der Waals surface area contributed by atoms with Crippen molar-refractivity contribution in [3.63, 3.8) is 0 Å². The van der Waals surface area contributed by atoms with Gasteiger partial charge in [-0.2, -0.15) is 0 Å². The fourth-order valence-corrected chi connectivity index (χ4v) is 2.91. The zero-order valence-electron chi connectivity index (χ0n) is 11.9. The maximum atomic E-state index is 11.1. The van der Waals surface area contributed by atoms with Crippen LogP contribution in [-0.4, -0.2) is 31.4 Å². The molecule has 0 radical (unpaired) electrons. The minimum atomic E-state index is -0.416. The summed E-state index contributed by atoms with van der Waals surface area (Å²) in [5, 5.41) is 9.58. The molecule has 3 rings (SSSR count). The Morgan fingerprint density at radius 2 is 2.00 bits per heavy atom. The molecule has 0 atom stereocenters. The van der Waals surface area contributed by atoms with Crippen molar-refractivity contribution in [3.05, 3.63) is 53.8 Å². The first-order valence-corrected chi connectivity index (χ1v) is 8.04. The third-order valence-corrected chi connectivity index (χ3v) is 4.17. The second-order valence-electron chi connectivity index (χ2n) is 4.61. The van der Waals surface area contributed by atoms with Gasteiger partial charge in [0, 0.05) is 23.0 Å². The van der Waals surface area contributed by atoms with Gasteiger partial charge in [0.15, 0.2) is 11.0 Å². The van der Waals surface area contributed by atoms with E-state index in [1.54, 1.807) is 18.5 Å². The normalized spacial score (nSPS) is 10.7. The van der Waals surface area contributed by atoms with E-state index in [4.69, 9.17) is 17.3 Å². The molecule has 0 aliphatic rings. The number of hydrogen-bond acceptors (Lipinski definition) is 5. The van der Waals surface area contributed by atoms with Crippen LogP contribution in [-0.2, 0) is 4.79 Å². The van der Waals surface area contributed by atoms with E-state index < -0.39 is 5.91 Å². The Bertz CT molecular complexity index is 837. The third kappa shape index (κ3) is 3.52. The molecule has 0 spiro atoms. The number of pyridine rings is 1. The van der Waals surface area contributed by atoms with Gasteiger partial charge in [-0.1, -0.05) is 29.4 Å². The molecule has 0 aliphatic heterocycles. The van der Waals surface area contributed by atoms with Gasteiger partial charge in [0.25, 0.3) is 0 Å². The van der Waals surface area contributed by atoms with Crippen LogP contribution in [0.25, 0.3) is 17.1 Å². The number of nitrogens with zero attached hydrogens (tertiary/aromatic N) is 4. The van der Waals surface area contributed by atoms with E-state index in [2.05, 4.69) is 15.2 Å². The zero-order chi connectivity index (χ0) is 16.2. The number of carbonyl (C=O) groups excluding carboxylic acids is 1. The van der Waals surface area contributed by atoms with Crippen molar-refractivity contribution < 1.29 is 4.79 Å². The number of carbonyl (C=O) groups is 1. The predicted octanol–water partition coefficient (Wildman–Crippen LogP) is 2.56. The molecule has 23 heavy (non-hydrogen) atoms. The van der Waals surface area contributed by atoms with Gasteiger partial charge in [-0.3, -0.25) is 14.3 Å². The van der Waals surface area contributed by atoms with Crippen LogP contribution in [0.15, 0.2) is 53.9 Å². The summed E-state index contributed by atoms with van der Waals surface area (Å²) < 4.78 is 1.84. The largest absolute Gasteiger partial charge is 0.369 e. The quantitative estimate of drug-likeness (QED) is 0.718. The lowest BCUT2D eigenvalue weighted by Crippen LogP contribution is -2.13. The Balaban J connectivity index is 2.12. The molecule has 2 N–H and O–H groups in total. The van der Waals surface area contributed by atoms with Gasteiger partial charge >= 0.3 is 0 Å². The molecule has 3 aromatic rings. The highest BCUT2D eigenvalue weighted by Crippen LogP contribution is 2.28. The number of primary amides is 1. The molecule has 2 heterocycles. The van der Waals surface area contributed by atoms with Crippen molar-refractivity contribution >= 4 is 29.3 Å². The molecule has 116 valence electrons. The monoisotopic (exact) mass is 345 g/mol. The minimum absolute atomic E-state index is 0.120. The molecule has 0 unspecified atom stereocenters. The number of nitrogens with two attached hydrogens (primary N) is 1. The minimum Gasteiger partial charge on any atom is -0.369 e. The van der Waals surface area contributed by atoms with E-state index in [9.17, 15) is 4.79 Å². The van der Waals surface area contributed by atoms with E-state index in [-0.39, 0.29) is 5.75 Å². The van der Waals surface area contributed by atoms with E-state index in [1.807, 2.05) is 34.9 Å². The standard InChI is InChI=1S/C15H12ClN5OS/c16-11-2-1-3-12(8-11)21-14(10-4-6-18-7-5-10)19-20-15(21)23-9-13(17)22/h1-8H,9H2,(H2,17,22). The van der Waals surface area contributed by atoms with Crippen molar-refractivity contribution in [2.24, 2.45) is 5.73 Å². The van der Waals surface area contributed by atoms with Crippen LogP contribution >= 0.6 is 23.4 Å². The highest BCUT2D eigenvalue weighted by molar-refractivity contribution is 7.99. The summed E-state index contributed by atoms with van der Waals surface area (Å²) in [5.41, 5.74) is 6.89. The number of rotatable bonds is 5. The van der Waals surface area contributed by atoms with Gasteiger partial charge in [0.05, 0.1) is 11.4 Å². The first-order valence-electron chi connectivity index (χ1n) is 6.68. The summed E-state index contributed by atoms with van der Waals surface area (Å²) in [7, 11) is 0. The van der Waals surface area contributed by atoms with Gasteiger partial charge < -0.3 is 5.73 Å². The molecule has 1 amide bonds. The van der Waals surface area contributed by atoms with Gasteiger partial charge in [0.2, 0.25) is 5.91 Å². The number of amides is 1. The van der Waals surface area contributed by atoms with Crippen LogP contribution in [0.2, 0.25) is 5.02 Å². The van der Waals surface area contributed by atoms with Crippen molar-refractivity contribution in [1.82, 2.24) is 19.7 Å². The average molecular weight is 346 g/mol. The molecule has 0 fully saturated rings. The molecule has 0 saturated carbocycles. The molecule has 8 heteroatoms. The third-order valence-electron chi connectivity index (χ3n) is 2.98. The van der Waals surface area contributed by atoms with Crippen molar-refractivity contribution in [2.45, 2.75) is 5.16 Å². The fourth-order valence-electron chi connectivity index (χ4n) is 2.04. The molecule has 0 bridgehead atoms. The molecule has 6 nitrogen and oxygen atoms in total. The Morgan fingerprint density at radius 1 is 1.22 bits per heavy atom. The maximum absolute atomic E-state index is 11.1. The lowest BCUT2D eigenvalue weighted by molar-refractivity contribution is -0.115. The molecular weight excluding hydrogens is 334 g/mol. The number of thioether (sulfide) groups is 1. The Kier molecular flexibility index (Phi) is 4.59. The molecule has 0 aliphatic carbocycles. The van der Waals surface area contributed by atoms with E-state index >= 15 is 0 Å². The van der Waals surface area contributed by atoms with Gasteiger partial charge in [-0.05, 0) is 30.3 Å². The van der Waals surface area contributed by atoms with Crippen molar-refractivity contribution in [2.75, 3.05) is 5.75 Å². The van der Waals surface area contributed by atoms with E-state index in [0.29, 0.717) is 16.0 Å². The van der Waals surface area contributed by atoms with Gasteiger partial charge in [-0.25, -0.2) is 0 Å². The molecule has 2 aromatic heterocycles. The number of aromatic nitrogens is 4. The first-order chi connectivity index (χ1) is 11.1. The topological polar surface area (TPSA) is 86.7 Å². The Morgan fingerprint density at radius 3 is 2.70 bits per heavy atom. The number of halogens is 1. The van der Waals surface area contributed by atoms with Crippen LogP contribution < -0.4 is 5.73 Å². The zero-order valence-corrected chi connectivity index (χ0v) is 13.5. The average Bonchev–Trinajstić information content (AvgIpc) is 2.97. The SMILES string of the molecule is NC(=O)CSc1nnc(-c2ccncc2)n1-c1cccc(Cl)c1. The second-order valence-corrected chi connectivity index (χ2v) is 5.99. The smallest absolute Gasteiger partial charge is 0.227 e. The lowest BCUT2D eigenvalue weighted by Gasteiger charge is -2.10. The van der Waals surface area contributed by atoms with Gasteiger partial charge in [-0.15, -0.1) is 10.2 Å². The van der Waals surface area contributed by atoms with E-state index in [0.717, 1.165) is 11.3 Å². The molecular formula is C15H12ClN5OS. The van der Waals surface area contributed by atoms with Crippen molar-refractivity contribution in [1.29, 1.82) is 0 Å². The summed E-state index contributed by atoms with van der Waals surface area (Å²) in [6.07, 6.45) is 3.37. The van der Waals surface area contributed by atoms with Gasteiger partial charge in [0.1, 0.15) is 0 Å². The second kappa shape index (κ2) is 6.80. The Labute approximate surface area is 141 Å². The van der Waals surface area contributed by atoms with Crippen LogP contribution in [0.4, 0.5) is 0 Å². The van der Waals surface area contributed by atoms with Crippen LogP contribution in [0, 0.1) is 0 Å². The Hall–Kier alpha value is -2.38. The number of benzene rings is 1. The van der Waals surface area contributed by atoms with Crippen molar-refractivity contribution in [3.8, 4) is 17.1 Å². The van der Waals surface area contributed by atoms with Crippen LogP contribution in [0.5, 0.6) is 0 Å². The predicted molar refractivity (Wildman–Crippen MR) is 89.5 cm³/mol. The maximum Gasteiger partial charge on any atom is 0.227 e. The molecule has 1 aromatic carbocycles. The van der Waals surface area contributed by atoms with E-state index in [1.165, 1.54) is 11.8 Å². The fraction of sp³-hybridized carbons (Fsp3) is 0.0667. The highest BCUT2D eigenvalue weighted by Gasteiger charge is 2.16. The summed E-state index contributed by atoms with van der Waals surface area (Å²) in [6, 6.07) is 11.0.